The molecule has 0 heterocycles. The number of hydrogen-bond donors (Lipinski definition) is 1. The van der Waals surface area contributed by atoms with Gasteiger partial charge >= 0.3 is 0 Å². The van der Waals surface area contributed by atoms with Gasteiger partial charge < -0.3 is 5.32 Å². The largest absolute Gasteiger partial charge is 0.311 e. The van der Waals surface area contributed by atoms with Crippen molar-refractivity contribution in [3.63, 3.8) is 0 Å². The maximum atomic E-state index is 11.3. The maximum Gasteiger partial charge on any atom is 0.175 e. The fraction of sp³-hybridized carbons (Fsp3) is 0.571. The van der Waals surface area contributed by atoms with E-state index >= 15 is 0 Å². The minimum Gasteiger partial charge on any atom is -0.311 e. The molecule has 0 amide bonds. The molecule has 19 heavy (non-hydrogen) atoms. The zero-order valence-corrected chi connectivity index (χ0v) is 13.7. The molecule has 0 unspecified atom stereocenters. The Morgan fingerprint density at radius 3 is 2.26 bits per heavy atom. The van der Waals surface area contributed by atoms with E-state index in [0.29, 0.717) is 4.90 Å². The van der Waals surface area contributed by atoms with E-state index in [9.17, 15) is 8.42 Å². The SMILES string of the molecule is CCC(C)(C)NCCSc1ccc(S(C)(=O)=O)cc1. The predicted octanol–water partition coefficient (Wildman–Crippen LogP) is 2.96. The molecule has 3 nitrogen and oxygen atoms in total. The summed E-state index contributed by atoms with van der Waals surface area (Å²) in [6.07, 6.45) is 2.33. The minimum atomic E-state index is -3.09. The zero-order chi connectivity index (χ0) is 14.5. The second-order valence-corrected chi connectivity index (χ2v) is 8.44. The molecule has 0 aliphatic rings. The highest BCUT2D eigenvalue weighted by Crippen LogP contribution is 2.20. The first-order valence-electron chi connectivity index (χ1n) is 6.42. The summed E-state index contributed by atoms with van der Waals surface area (Å²) in [6.45, 7) is 7.50. The lowest BCUT2D eigenvalue weighted by atomic mass is 10.0. The molecule has 0 spiro atoms. The van der Waals surface area contributed by atoms with Crippen LogP contribution in [0.5, 0.6) is 0 Å². The molecule has 0 fully saturated rings. The minimum absolute atomic E-state index is 0.181. The highest BCUT2D eigenvalue weighted by Gasteiger charge is 2.12. The van der Waals surface area contributed by atoms with Gasteiger partial charge in [-0.3, -0.25) is 0 Å². The summed E-state index contributed by atoms with van der Waals surface area (Å²) in [6, 6.07) is 7.07. The molecule has 0 saturated heterocycles. The average Bonchev–Trinajstić information content (AvgIpc) is 2.34. The predicted molar refractivity (Wildman–Crippen MR) is 82.6 cm³/mol. The summed E-state index contributed by atoms with van der Waals surface area (Å²) in [5.41, 5.74) is 0.181. The number of thioether (sulfide) groups is 1. The van der Waals surface area contributed by atoms with E-state index in [4.69, 9.17) is 0 Å². The lowest BCUT2D eigenvalue weighted by Crippen LogP contribution is -2.39. The van der Waals surface area contributed by atoms with Gasteiger partial charge in [-0.2, -0.15) is 0 Å². The third-order valence-electron chi connectivity index (χ3n) is 3.11. The van der Waals surface area contributed by atoms with Crippen LogP contribution in [0, 0.1) is 0 Å². The van der Waals surface area contributed by atoms with E-state index in [0.717, 1.165) is 23.6 Å². The second kappa shape index (κ2) is 6.77. The Bertz CT molecular complexity index is 493. The fourth-order valence-corrected chi connectivity index (χ4v) is 2.87. The third-order valence-corrected chi connectivity index (χ3v) is 5.25. The molecule has 0 atom stereocenters. The van der Waals surface area contributed by atoms with Gasteiger partial charge in [-0.25, -0.2) is 8.42 Å². The van der Waals surface area contributed by atoms with Gasteiger partial charge in [-0.1, -0.05) is 6.92 Å². The summed E-state index contributed by atoms with van der Waals surface area (Å²) in [4.78, 5) is 1.48. The van der Waals surface area contributed by atoms with Crippen molar-refractivity contribution in [2.24, 2.45) is 0 Å². The van der Waals surface area contributed by atoms with Gasteiger partial charge in [0.15, 0.2) is 9.84 Å². The molecule has 1 N–H and O–H groups in total. The number of nitrogens with one attached hydrogen (secondary N) is 1. The highest BCUT2D eigenvalue weighted by atomic mass is 32.2. The smallest absolute Gasteiger partial charge is 0.175 e. The van der Waals surface area contributed by atoms with Crippen LogP contribution in [0.25, 0.3) is 0 Å². The molecule has 0 aliphatic carbocycles. The topological polar surface area (TPSA) is 46.2 Å². The molecule has 1 aromatic carbocycles. The van der Waals surface area contributed by atoms with E-state index in [-0.39, 0.29) is 5.54 Å². The van der Waals surface area contributed by atoms with Crippen molar-refractivity contribution in [1.29, 1.82) is 0 Å². The Morgan fingerprint density at radius 1 is 1.21 bits per heavy atom. The average molecular weight is 301 g/mol. The maximum absolute atomic E-state index is 11.3. The van der Waals surface area contributed by atoms with Gasteiger partial charge in [-0.15, -0.1) is 11.8 Å². The highest BCUT2D eigenvalue weighted by molar-refractivity contribution is 7.99. The van der Waals surface area contributed by atoms with Crippen LogP contribution >= 0.6 is 11.8 Å². The van der Waals surface area contributed by atoms with Gasteiger partial charge in [0.05, 0.1) is 4.90 Å². The van der Waals surface area contributed by atoms with Crippen molar-refractivity contribution in [2.75, 3.05) is 18.6 Å². The van der Waals surface area contributed by atoms with Gasteiger partial charge in [0.1, 0.15) is 0 Å². The molecule has 0 bridgehead atoms. The molecule has 108 valence electrons. The summed E-state index contributed by atoms with van der Waals surface area (Å²) < 4.78 is 22.7. The van der Waals surface area contributed by atoms with Crippen LogP contribution in [0.2, 0.25) is 0 Å². The van der Waals surface area contributed by atoms with Crippen molar-refractivity contribution >= 4 is 21.6 Å². The Morgan fingerprint density at radius 2 is 1.79 bits per heavy atom. The number of sulfone groups is 1. The van der Waals surface area contributed by atoms with Gasteiger partial charge in [-0.05, 0) is 44.5 Å². The van der Waals surface area contributed by atoms with E-state index in [1.165, 1.54) is 6.26 Å². The first-order valence-corrected chi connectivity index (χ1v) is 9.30. The Kier molecular flexibility index (Phi) is 5.89. The molecule has 1 rings (SSSR count). The number of hydrogen-bond acceptors (Lipinski definition) is 4. The van der Waals surface area contributed by atoms with Crippen LogP contribution in [-0.4, -0.2) is 32.5 Å². The molecular formula is C14H23NO2S2. The summed E-state index contributed by atoms with van der Waals surface area (Å²) in [7, 11) is -3.09. The van der Waals surface area contributed by atoms with Gasteiger partial charge in [0.25, 0.3) is 0 Å². The Hall–Kier alpha value is -0.520. The van der Waals surface area contributed by atoms with Crippen LogP contribution in [0.1, 0.15) is 27.2 Å². The van der Waals surface area contributed by atoms with E-state index in [1.807, 2.05) is 12.1 Å². The van der Waals surface area contributed by atoms with Crippen molar-refractivity contribution in [3.8, 4) is 0 Å². The van der Waals surface area contributed by atoms with Crippen LogP contribution < -0.4 is 5.32 Å². The Balaban J connectivity index is 2.43. The molecule has 0 saturated carbocycles. The van der Waals surface area contributed by atoms with Crippen molar-refractivity contribution < 1.29 is 8.42 Å². The van der Waals surface area contributed by atoms with Gasteiger partial charge in [0, 0.05) is 29.0 Å². The third kappa shape index (κ3) is 5.97. The van der Waals surface area contributed by atoms with Crippen LogP contribution in [0.15, 0.2) is 34.1 Å². The van der Waals surface area contributed by atoms with E-state index < -0.39 is 9.84 Å². The molecule has 5 heteroatoms. The van der Waals surface area contributed by atoms with Crippen molar-refractivity contribution in [1.82, 2.24) is 5.32 Å². The Labute approximate surface area is 121 Å². The van der Waals surface area contributed by atoms with Crippen LogP contribution in [-0.2, 0) is 9.84 Å². The van der Waals surface area contributed by atoms with E-state index in [2.05, 4.69) is 26.1 Å². The van der Waals surface area contributed by atoms with Crippen molar-refractivity contribution in [3.05, 3.63) is 24.3 Å². The molecule has 0 radical (unpaired) electrons. The molecule has 1 aromatic rings. The summed E-state index contributed by atoms with van der Waals surface area (Å²) >= 11 is 1.73. The second-order valence-electron chi connectivity index (χ2n) is 5.26. The first-order chi connectivity index (χ1) is 8.74. The standard InChI is InChI=1S/C14H23NO2S2/c1-5-14(2,3)15-10-11-18-12-6-8-13(9-7-12)19(4,16)17/h6-9,15H,5,10-11H2,1-4H3. The quantitative estimate of drug-likeness (QED) is 0.621. The summed E-state index contributed by atoms with van der Waals surface area (Å²) in [5, 5.41) is 3.50. The zero-order valence-electron chi connectivity index (χ0n) is 12.1. The first kappa shape index (κ1) is 16.5. The lowest BCUT2D eigenvalue weighted by molar-refractivity contribution is 0.388. The van der Waals surface area contributed by atoms with Gasteiger partial charge in [0.2, 0.25) is 0 Å². The van der Waals surface area contributed by atoms with Crippen molar-refractivity contribution in [2.45, 2.75) is 42.5 Å². The van der Waals surface area contributed by atoms with Crippen LogP contribution in [0.3, 0.4) is 0 Å². The van der Waals surface area contributed by atoms with E-state index in [1.54, 1.807) is 23.9 Å². The number of rotatable bonds is 7. The normalized spacial score (nSPS) is 12.6. The molecule has 0 aromatic heterocycles. The number of benzene rings is 1. The molecule has 0 aliphatic heterocycles. The fourth-order valence-electron chi connectivity index (χ4n) is 1.47. The lowest BCUT2D eigenvalue weighted by Gasteiger charge is -2.24. The summed E-state index contributed by atoms with van der Waals surface area (Å²) in [5.74, 6) is 0.974. The monoisotopic (exact) mass is 301 g/mol. The van der Waals surface area contributed by atoms with Crippen LogP contribution in [0.4, 0.5) is 0 Å². The molecular weight excluding hydrogens is 278 g/mol.